The highest BCUT2D eigenvalue weighted by Crippen LogP contribution is 2.16. The van der Waals surface area contributed by atoms with Gasteiger partial charge in [-0.3, -0.25) is 10.2 Å². The lowest BCUT2D eigenvalue weighted by atomic mass is 10.1. The van der Waals surface area contributed by atoms with Crippen molar-refractivity contribution in [1.82, 2.24) is 14.0 Å². The average molecular weight is 541 g/mol. The molecule has 0 fully saturated rings. The standard InChI is InChI=1S/C30H28N4O.BrH/c31-30-33(22-26-16-8-3-9-17-26)27-18-10-11-19-28(27)34(30)23-29(35)32(20-24-12-4-1-5-13-24)21-25-14-6-2-7-15-25;/h1-19,31H,20-23H2;1H. The molecule has 5 rings (SSSR count). The van der Waals surface area contributed by atoms with Crippen LogP contribution < -0.4 is 5.62 Å². The number of halogens is 1. The van der Waals surface area contributed by atoms with Crippen LogP contribution in [0.15, 0.2) is 115 Å². The molecule has 6 heteroatoms. The summed E-state index contributed by atoms with van der Waals surface area (Å²) in [6.07, 6.45) is 0. The van der Waals surface area contributed by atoms with E-state index in [0.29, 0.717) is 25.3 Å². The van der Waals surface area contributed by atoms with Crippen LogP contribution >= 0.6 is 17.0 Å². The summed E-state index contributed by atoms with van der Waals surface area (Å²) in [5, 5.41) is 8.96. The Bertz CT molecular complexity index is 1440. The Morgan fingerprint density at radius 1 is 0.611 bits per heavy atom. The van der Waals surface area contributed by atoms with Crippen LogP contribution in [0.1, 0.15) is 16.7 Å². The average Bonchev–Trinajstić information content (AvgIpc) is 3.16. The molecule has 36 heavy (non-hydrogen) atoms. The number of nitrogens with zero attached hydrogens (tertiary/aromatic N) is 3. The van der Waals surface area contributed by atoms with Gasteiger partial charge in [-0.15, -0.1) is 17.0 Å². The van der Waals surface area contributed by atoms with Gasteiger partial charge in [-0.2, -0.15) is 0 Å². The molecule has 1 N–H and O–H groups in total. The van der Waals surface area contributed by atoms with Crippen LogP contribution in [-0.4, -0.2) is 19.9 Å². The second-order valence-corrected chi connectivity index (χ2v) is 8.69. The number of benzene rings is 4. The van der Waals surface area contributed by atoms with E-state index >= 15 is 0 Å². The fourth-order valence-electron chi connectivity index (χ4n) is 4.46. The van der Waals surface area contributed by atoms with Gasteiger partial charge >= 0.3 is 0 Å². The molecule has 0 aliphatic rings. The zero-order valence-corrected chi connectivity index (χ0v) is 21.7. The van der Waals surface area contributed by atoms with Gasteiger partial charge in [0.05, 0.1) is 17.6 Å². The first kappa shape index (κ1) is 25.2. The fraction of sp³-hybridized carbons (Fsp3) is 0.133. The molecule has 0 atom stereocenters. The van der Waals surface area contributed by atoms with Crippen LogP contribution in [-0.2, 0) is 31.0 Å². The number of para-hydroxylation sites is 2. The smallest absolute Gasteiger partial charge is 0.243 e. The van der Waals surface area contributed by atoms with Crippen molar-refractivity contribution in [2.45, 2.75) is 26.2 Å². The lowest BCUT2D eigenvalue weighted by molar-refractivity contribution is -0.133. The van der Waals surface area contributed by atoms with Crippen molar-refractivity contribution in [2.24, 2.45) is 0 Å². The first-order valence-electron chi connectivity index (χ1n) is 11.8. The van der Waals surface area contributed by atoms with Crippen LogP contribution in [0.3, 0.4) is 0 Å². The summed E-state index contributed by atoms with van der Waals surface area (Å²) in [6.45, 7) is 1.73. The minimum absolute atomic E-state index is 0. The van der Waals surface area contributed by atoms with Gasteiger partial charge in [0.25, 0.3) is 0 Å². The molecule has 0 saturated carbocycles. The van der Waals surface area contributed by atoms with Crippen molar-refractivity contribution in [3.8, 4) is 0 Å². The molecule has 0 saturated heterocycles. The van der Waals surface area contributed by atoms with E-state index in [1.807, 2.05) is 117 Å². The molecule has 5 nitrogen and oxygen atoms in total. The Morgan fingerprint density at radius 3 is 1.53 bits per heavy atom. The molecule has 0 aliphatic carbocycles. The largest absolute Gasteiger partial charge is 0.332 e. The van der Waals surface area contributed by atoms with Gasteiger partial charge < -0.3 is 14.0 Å². The monoisotopic (exact) mass is 540 g/mol. The van der Waals surface area contributed by atoms with Gasteiger partial charge in [-0.25, -0.2) is 0 Å². The maximum atomic E-state index is 13.7. The van der Waals surface area contributed by atoms with Gasteiger partial charge in [0.15, 0.2) is 0 Å². The molecule has 1 amide bonds. The predicted octanol–water partition coefficient (Wildman–Crippen LogP) is 5.78. The van der Waals surface area contributed by atoms with Gasteiger partial charge in [0.2, 0.25) is 11.5 Å². The van der Waals surface area contributed by atoms with E-state index in [1.54, 1.807) is 0 Å². The van der Waals surface area contributed by atoms with E-state index in [2.05, 4.69) is 12.1 Å². The molecule has 0 unspecified atom stereocenters. The summed E-state index contributed by atoms with van der Waals surface area (Å²) in [4.78, 5) is 15.6. The van der Waals surface area contributed by atoms with Crippen molar-refractivity contribution in [3.05, 3.63) is 138 Å². The van der Waals surface area contributed by atoms with E-state index in [-0.39, 0.29) is 29.4 Å². The number of hydrogen-bond acceptors (Lipinski definition) is 2. The number of rotatable bonds is 8. The maximum absolute atomic E-state index is 13.7. The number of aromatic nitrogens is 2. The van der Waals surface area contributed by atoms with Gasteiger partial charge in [0, 0.05) is 13.1 Å². The van der Waals surface area contributed by atoms with Crippen molar-refractivity contribution < 1.29 is 4.79 Å². The summed E-state index contributed by atoms with van der Waals surface area (Å²) in [5.74, 6) is -0.0150. The first-order chi connectivity index (χ1) is 17.2. The minimum atomic E-state index is -0.0150. The molecule has 0 radical (unpaired) electrons. The summed E-state index contributed by atoms with van der Waals surface area (Å²) in [6, 6.07) is 38.2. The van der Waals surface area contributed by atoms with Crippen LogP contribution in [0, 0.1) is 5.41 Å². The van der Waals surface area contributed by atoms with E-state index in [9.17, 15) is 4.79 Å². The molecule has 1 aromatic heterocycles. The van der Waals surface area contributed by atoms with Crippen molar-refractivity contribution in [2.75, 3.05) is 0 Å². The zero-order valence-electron chi connectivity index (χ0n) is 20.0. The summed E-state index contributed by atoms with van der Waals surface area (Å²) >= 11 is 0. The van der Waals surface area contributed by atoms with Gasteiger partial charge in [-0.1, -0.05) is 103 Å². The Labute approximate surface area is 221 Å². The molecular formula is C30H29BrN4O. The number of amides is 1. The second kappa shape index (κ2) is 11.7. The van der Waals surface area contributed by atoms with Gasteiger partial charge in [0.1, 0.15) is 6.54 Å². The highest BCUT2D eigenvalue weighted by Gasteiger charge is 2.19. The molecule has 0 bridgehead atoms. The van der Waals surface area contributed by atoms with E-state index in [4.69, 9.17) is 5.41 Å². The third kappa shape index (κ3) is 5.66. The maximum Gasteiger partial charge on any atom is 0.243 e. The molecule has 1 heterocycles. The predicted molar refractivity (Wildman–Crippen MR) is 149 cm³/mol. The Balaban J connectivity index is 0.00000304. The third-order valence-corrected chi connectivity index (χ3v) is 6.24. The normalized spacial score (nSPS) is 10.7. The van der Waals surface area contributed by atoms with E-state index in [1.165, 1.54) is 0 Å². The fourth-order valence-corrected chi connectivity index (χ4v) is 4.46. The number of fused-ring (bicyclic) bond motifs is 1. The quantitative estimate of drug-likeness (QED) is 0.266. The van der Waals surface area contributed by atoms with Crippen LogP contribution in [0.2, 0.25) is 0 Å². The Hall–Kier alpha value is -3.90. The van der Waals surface area contributed by atoms with Crippen molar-refractivity contribution in [1.29, 1.82) is 5.41 Å². The number of hydrogen-bond donors (Lipinski definition) is 1. The summed E-state index contributed by atoms with van der Waals surface area (Å²) in [7, 11) is 0. The number of imidazole rings is 1. The van der Waals surface area contributed by atoms with E-state index < -0.39 is 0 Å². The van der Waals surface area contributed by atoms with Gasteiger partial charge in [-0.05, 0) is 28.8 Å². The highest BCUT2D eigenvalue weighted by molar-refractivity contribution is 8.93. The van der Waals surface area contributed by atoms with Crippen LogP contribution in [0.5, 0.6) is 0 Å². The zero-order chi connectivity index (χ0) is 24.0. The highest BCUT2D eigenvalue weighted by atomic mass is 79.9. The summed E-state index contributed by atoms with van der Waals surface area (Å²) < 4.78 is 3.79. The lowest BCUT2D eigenvalue weighted by Crippen LogP contribution is -2.36. The Kier molecular flexibility index (Phi) is 8.18. The number of carbonyl (C=O) groups excluding carboxylic acids is 1. The lowest BCUT2D eigenvalue weighted by Gasteiger charge is -2.23. The second-order valence-electron chi connectivity index (χ2n) is 8.69. The third-order valence-electron chi connectivity index (χ3n) is 6.24. The Morgan fingerprint density at radius 2 is 1.03 bits per heavy atom. The van der Waals surface area contributed by atoms with Crippen molar-refractivity contribution in [3.63, 3.8) is 0 Å². The molecule has 182 valence electrons. The summed E-state index contributed by atoms with van der Waals surface area (Å²) in [5.41, 5.74) is 5.45. The molecule has 0 aliphatic heterocycles. The topological polar surface area (TPSA) is 54.0 Å². The van der Waals surface area contributed by atoms with Crippen LogP contribution in [0.4, 0.5) is 0 Å². The number of nitrogens with one attached hydrogen (secondary N) is 1. The van der Waals surface area contributed by atoms with Crippen molar-refractivity contribution >= 4 is 33.9 Å². The molecule has 5 aromatic rings. The molecule has 4 aromatic carbocycles. The van der Waals surface area contributed by atoms with E-state index in [0.717, 1.165) is 27.7 Å². The molecular weight excluding hydrogens is 512 g/mol. The molecule has 0 spiro atoms. The SMILES string of the molecule is Br.N=c1n(CC(=O)N(Cc2ccccc2)Cc2ccccc2)c2ccccc2n1Cc1ccccc1. The van der Waals surface area contributed by atoms with Crippen LogP contribution in [0.25, 0.3) is 11.0 Å². The minimum Gasteiger partial charge on any atom is -0.332 e. The first-order valence-corrected chi connectivity index (χ1v) is 11.8. The number of carbonyl (C=O) groups is 1.